The third-order valence-corrected chi connectivity index (χ3v) is 2.08. The number of carbonyl (C=O) groups is 2. The van der Waals surface area contributed by atoms with Gasteiger partial charge in [-0.05, 0) is 6.08 Å². The van der Waals surface area contributed by atoms with Crippen LogP contribution in [0.1, 0.15) is 0 Å². The maximum absolute atomic E-state index is 13.6. The second-order valence-electron chi connectivity index (χ2n) is 3.04. The molecule has 1 aliphatic carbocycles. The summed E-state index contributed by atoms with van der Waals surface area (Å²) in [5, 5.41) is 8.42. The van der Waals surface area contributed by atoms with E-state index >= 15 is 0 Å². The molecule has 0 aromatic rings. The summed E-state index contributed by atoms with van der Waals surface area (Å²) in [6, 6.07) is 0. The van der Waals surface area contributed by atoms with Crippen LogP contribution >= 0.6 is 0 Å². The minimum atomic E-state index is -4.01. The van der Waals surface area contributed by atoms with Crippen LogP contribution in [0.25, 0.3) is 0 Å². The first-order valence-corrected chi connectivity index (χ1v) is 3.88. The van der Waals surface area contributed by atoms with E-state index in [4.69, 9.17) is 5.11 Å². The third kappa shape index (κ3) is 1.46. The van der Waals surface area contributed by atoms with E-state index in [1.54, 1.807) is 0 Å². The van der Waals surface area contributed by atoms with Gasteiger partial charge >= 0.3 is 5.97 Å². The number of rotatable bonds is 2. The molecule has 1 rings (SSSR count). The van der Waals surface area contributed by atoms with Gasteiger partial charge in [0, 0.05) is 0 Å². The topological polar surface area (TPSA) is 80.4 Å². The molecule has 0 aliphatic heterocycles. The van der Waals surface area contributed by atoms with Crippen molar-refractivity contribution in [2.75, 3.05) is 0 Å². The number of amides is 1. The number of carbonyl (C=O) groups excluding carboxylic acids is 1. The minimum Gasteiger partial charge on any atom is -0.479 e. The lowest BCUT2D eigenvalue weighted by atomic mass is 9.83. The number of primary amides is 1. The molecule has 0 aromatic carbocycles. The van der Waals surface area contributed by atoms with E-state index in [-0.39, 0.29) is 6.08 Å². The lowest BCUT2D eigenvalue weighted by molar-refractivity contribution is -0.155. The Labute approximate surface area is 86.0 Å². The van der Waals surface area contributed by atoms with Gasteiger partial charge in [0.05, 0.1) is 0 Å². The van der Waals surface area contributed by atoms with Gasteiger partial charge in [0.2, 0.25) is 5.91 Å². The van der Waals surface area contributed by atoms with Gasteiger partial charge in [0.25, 0.3) is 5.67 Å². The van der Waals surface area contributed by atoms with E-state index in [2.05, 4.69) is 5.73 Å². The normalized spacial score (nSPS) is 30.0. The van der Waals surface area contributed by atoms with Crippen LogP contribution in [0.3, 0.4) is 0 Å². The van der Waals surface area contributed by atoms with E-state index < -0.39 is 40.9 Å². The quantitative estimate of drug-likeness (QED) is 0.702. The Balaban J connectivity index is 3.44. The van der Waals surface area contributed by atoms with Crippen LogP contribution in [0, 0.1) is 5.92 Å². The summed E-state index contributed by atoms with van der Waals surface area (Å²) in [7, 11) is 0. The molecule has 0 saturated heterocycles. The number of carboxylic acid groups (broad SMARTS) is 1. The Kier molecular flexibility index (Phi) is 2.76. The van der Waals surface area contributed by atoms with Crippen molar-refractivity contribution in [1.29, 1.82) is 0 Å². The molecule has 1 aliphatic rings. The second kappa shape index (κ2) is 3.62. The summed E-state index contributed by atoms with van der Waals surface area (Å²) in [4.78, 5) is 21.1. The van der Waals surface area contributed by atoms with Crippen LogP contribution in [-0.2, 0) is 9.59 Å². The Morgan fingerprint density at radius 3 is 2.25 bits per heavy atom. The number of hydrogen-bond acceptors (Lipinski definition) is 2. The van der Waals surface area contributed by atoms with E-state index in [1.165, 1.54) is 0 Å². The van der Waals surface area contributed by atoms with E-state index in [9.17, 15) is 27.2 Å². The smallest absolute Gasteiger partial charge is 0.350 e. The molecule has 0 fully saturated rings. The lowest BCUT2D eigenvalue weighted by Crippen LogP contribution is -2.49. The van der Waals surface area contributed by atoms with Crippen LogP contribution in [-0.4, -0.2) is 22.7 Å². The molecule has 2 unspecified atom stereocenters. The van der Waals surface area contributed by atoms with Gasteiger partial charge in [-0.3, -0.25) is 4.79 Å². The predicted molar refractivity (Wildman–Crippen MR) is 42.6 cm³/mol. The maximum atomic E-state index is 13.6. The van der Waals surface area contributed by atoms with Gasteiger partial charge < -0.3 is 10.8 Å². The van der Waals surface area contributed by atoms with Crippen molar-refractivity contribution >= 4 is 11.9 Å². The van der Waals surface area contributed by atoms with Crippen LogP contribution in [0.15, 0.2) is 23.6 Å². The van der Waals surface area contributed by atoms with Gasteiger partial charge in [0.15, 0.2) is 17.5 Å². The summed E-state index contributed by atoms with van der Waals surface area (Å²) in [6.07, 6.45) is -0.00509. The summed E-state index contributed by atoms with van der Waals surface area (Å²) in [5.41, 5.74) is 0.577. The SMILES string of the molecule is NC(=O)C1C=C(F)C(F)=C(F)C1(F)C(=O)O. The highest BCUT2D eigenvalue weighted by Crippen LogP contribution is 2.42. The van der Waals surface area contributed by atoms with Crippen LogP contribution in [0.2, 0.25) is 0 Å². The van der Waals surface area contributed by atoms with Gasteiger partial charge in [-0.25, -0.2) is 22.4 Å². The van der Waals surface area contributed by atoms with Crippen molar-refractivity contribution in [3.8, 4) is 0 Å². The molecule has 0 radical (unpaired) electrons. The van der Waals surface area contributed by atoms with Gasteiger partial charge in [-0.2, -0.15) is 0 Å². The number of carboxylic acids is 1. The van der Waals surface area contributed by atoms with Gasteiger partial charge in [-0.15, -0.1) is 0 Å². The Morgan fingerprint density at radius 1 is 1.38 bits per heavy atom. The molecule has 2 atom stereocenters. The molecule has 8 heteroatoms. The number of alkyl halides is 1. The zero-order chi connectivity index (χ0) is 12.7. The first-order chi connectivity index (χ1) is 7.22. The Morgan fingerprint density at radius 2 is 1.88 bits per heavy atom. The molecule has 0 aromatic heterocycles. The average Bonchev–Trinajstić information content (AvgIpc) is 2.19. The zero-order valence-electron chi connectivity index (χ0n) is 7.51. The zero-order valence-corrected chi connectivity index (χ0v) is 7.51. The minimum absolute atomic E-state index is 0.00509. The summed E-state index contributed by atoms with van der Waals surface area (Å²) in [6.45, 7) is 0. The molecular formula is C8H5F4NO3. The number of aliphatic carboxylic acids is 1. The summed E-state index contributed by atoms with van der Waals surface area (Å²) < 4.78 is 52.0. The number of allylic oxidation sites excluding steroid dienone is 2. The van der Waals surface area contributed by atoms with Crippen LogP contribution < -0.4 is 5.73 Å². The average molecular weight is 239 g/mol. The number of hydrogen-bond donors (Lipinski definition) is 2. The molecular weight excluding hydrogens is 234 g/mol. The fraction of sp³-hybridized carbons (Fsp3) is 0.250. The van der Waals surface area contributed by atoms with E-state index in [1.807, 2.05) is 0 Å². The van der Waals surface area contributed by atoms with Crippen molar-refractivity contribution in [3.63, 3.8) is 0 Å². The fourth-order valence-electron chi connectivity index (χ4n) is 1.24. The van der Waals surface area contributed by atoms with Gasteiger partial charge in [-0.1, -0.05) is 0 Å². The molecule has 0 bridgehead atoms. The molecule has 4 nitrogen and oxygen atoms in total. The second-order valence-corrected chi connectivity index (χ2v) is 3.04. The van der Waals surface area contributed by atoms with Crippen molar-refractivity contribution in [1.82, 2.24) is 0 Å². The Bertz CT molecular complexity index is 431. The first kappa shape index (κ1) is 12.2. The molecule has 0 saturated carbocycles. The number of halogens is 4. The van der Waals surface area contributed by atoms with Crippen LogP contribution in [0.5, 0.6) is 0 Å². The van der Waals surface area contributed by atoms with Crippen molar-refractivity contribution in [3.05, 3.63) is 23.6 Å². The predicted octanol–water partition coefficient (Wildman–Crippen LogP) is 0.898. The highest BCUT2D eigenvalue weighted by Gasteiger charge is 2.57. The largest absolute Gasteiger partial charge is 0.479 e. The molecule has 3 N–H and O–H groups in total. The first-order valence-electron chi connectivity index (χ1n) is 3.88. The Hall–Kier alpha value is -1.86. The molecule has 1 amide bonds. The molecule has 0 heterocycles. The fourth-order valence-corrected chi connectivity index (χ4v) is 1.24. The number of nitrogens with two attached hydrogens (primary N) is 1. The summed E-state index contributed by atoms with van der Waals surface area (Å²) in [5.74, 6) is -13.2. The van der Waals surface area contributed by atoms with E-state index in [0.717, 1.165) is 0 Å². The third-order valence-electron chi connectivity index (χ3n) is 2.08. The highest BCUT2D eigenvalue weighted by atomic mass is 19.2. The highest BCUT2D eigenvalue weighted by molar-refractivity contribution is 5.93. The monoisotopic (exact) mass is 239 g/mol. The van der Waals surface area contributed by atoms with Crippen LogP contribution in [0.4, 0.5) is 17.6 Å². The standard InChI is InChI=1S/C8H5F4NO3/c9-3-1-2(6(13)14)8(12,7(15)16)5(11)4(3)10/h1-2H,(H2,13,14)(H,15,16). The lowest BCUT2D eigenvalue weighted by Gasteiger charge is -2.27. The van der Waals surface area contributed by atoms with Crippen molar-refractivity contribution in [2.24, 2.45) is 11.7 Å². The van der Waals surface area contributed by atoms with Gasteiger partial charge in [0.1, 0.15) is 5.92 Å². The summed E-state index contributed by atoms with van der Waals surface area (Å²) >= 11 is 0. The molecule has 0 spiro atoms. The van der Waals surface area contributed by atoms with Crippen molar-refractivity contribution in [2.45, 2.75) is 5.67 Å². The maximum Gasteiger partial charge on any atom is 0.350 e. The molecule has 16 heavy (non-hydrogen) atoms. The molecule has 88 valence electrons. The van der Waals surface area contributed by atoms with Crippen molar-refractivity contribution < 1.29 is 32.3 Å². The van der Waals surface area contributed by atoms with E-state index in [0.29, 0.717) is 0 Å².